The highest BCUT2D eigenvalue weighted by Gasteiger charge is 2.20. The summed E-state index contributed by atoms with van der Waals surface area (Å²) >= 11 is 2.11. The van der Waals surface area contributed by atoms with Crippen molar-refractivity contribution in [2.24, 2.45) is 0 Å². The molecule has 0 spiro atoms. The number of carbonyl (C=O) groups excluding carboxylic acids is 1. The molecule has 0 heterocycles. The van der Waals surface area contributed by atoms with Gasteiger partial charge in [0.05, 0.1) is 16.2 Å². The minimum atomic E-state index is -0.519. The molecule has 6 nitrogen and oxygen atoms in total. The average Bonchev–Trinajstić information content (AvgIpc) is 2.48. The molecule has 0 aliphatic carbocycles. The Morgan fingerprint density at radius 3 is 2.52 bits per heavy atom. The summed E-state index contributed by atoms with van der Waals surface area (Å²) in [5.74, 6) is -0.396. The quantitative estimate of drug-likeness (QED) is 0.470. The summed E-state index contributed by atoms with van der Waals surface area (Å²) in [7, 11) is 1.55. The van der Waals surface area contributed by atoms with Gasteiger partial charge in [-0.25, -0.2) is 0 Å². The number of para-hydroxylation sites is 2. The Kier molecular flexibility index (Phi) is 4.73. The van der Waals surface area contributed by atoms with E-state index in [1.54, 1.807) is 19.2 Å². The fourth-order valence-corrected chi connectivity index (χ4v) is 2.42. The van der Waals surface area contributed by atoms with E-state index in [0.717, 1.165) is 3.57 Å². The predicted octanol–water partition coefficient (Wildman–Crippen LogP) is 3.49. The third kappa shape index (κ3) is 3.30. The van der Waals surface area contributed by atoms with Gasteiger partial charge in [-0.15, -0.1) is 0 Å². The molecule has 0 fully saturated rings. The van der Waals surface area contributed by atoms with Crippen LogP contribution in [0.15, 0.2) is 42.5 Å². The molecule has 0 aromatic heterocycles. The molecular weight excluding hydrogens is 385 g/mol. The van der Waals surface area contributed by atoms with E-state index in [1.165, 1.54) is 12.1 Å². The molecule has 0 saturated heterocycles. The number of amides is 1. The largest absolute Gasteiger partial charge is 0.382 e. The zero-order valence-corrected chi connectivity index (χ0v) is 13.2. The first-order chi connectivity index (χ1) is 10.0. The van der Waals surface area contributed by atoms with E-state index in [-0.39, 0.29) is 16.9 Å². The summed E-state index contributed by atoms with van der Waals surface area (Å²) in [6.45, 7) is 0. The Balaban J connectivity index is 2.38. The van der Waals surface area contributed by atoms with Gasteiger partial charge in [-0.3, -0.25) is 14.9 Å². The number of halogens is 1. The van der Waals surface area contributed by atoms with Crippen molar-refractivity contribution in [2.75, 3.05) is 17.7 Å². The van der Waals surface area contributed by atoms with Crippen LogP contribution in [0.2, 0.25) is 0 Å². The molecule has 0 aliphatic rings. The number of nitro benzene ring substituents is 1. The lowest BCUT2D eigenvalue weighted by Crippen LogP contribution is -2.15. The molecule has 1 amide bonds. The standard InChI is InChI=1S/C14H12IN3O3/c1-16-13-9(5-4-8-12(13)18(20)21)14(19)17-11-7-3-2-6-10(11)15/h2-8,16H,1H3,(H,17,19). The number of carbonyl (C=O) groups is 1. The van der Waals surface area contributed by atoms with Gasteiger partial charge in [0.25, 0.3) is 11.6 Å². The van der Waals surface area contributed by atoms with Crippen LogP contribution in [0.4, 0.5) is 17.1 Å². The van der Waals surface area contributed by atoms with Crippen molar-refractivity contribution >= 4 is 45.6 Å². The number of hydrogen-bond donors (Lipinski definition) is 2. The molecule has 21 heavy (non-hydrogen) atoms. The monoisotopic (exact) mass is 397 g/mol. The van der Waals surface area contributed by atoms with Crippen molar-refractivity contribution in [1.82, 2.24) is 0 Å². The molecule has 0 unspecified atom stereocenters. The van der Waals surface area contributed by atoms with E-state index in [9.17, 15) is 14.9 Å². The Morgan fingerprint density at radius 2 is 1.90 bits per heavy atom. The van der Waals surface area contributed by atoms with Crippen molar-refractivity contribution in [3.05, 3.63) is 61.7 Å². The first-order valence-electron chi connectivity index (χ1n) is 6.05. The molecule has 0 radical (unpaired) electrons. The summed E-state index contributed by atoms with van der Waals surface area (Å²) in [5.41, 5.74) is 0.960. The third-order valence-electron chi connectivity index (χ3n) is 2.86. The normalized spacial score (nSPS) is 10.0. The van der Waals surface area contributed by atoms with Gasteiger partial charge in [-0.1, -0.05) is 18.2 Å². The lowest BCUT2D eigenvalue weighted by molar-refractivity contribution is -0.384. The van der Waals surface area contributed by atoms with Crippen molar-refractivity contribution in [3.8, 4) is 0 Å². The first kappa shape index (κ1) is 15.2. The third-order valence-corrected chi connectivity index (χ3v) is 3.80. The highest BCUT2D eigenvalue weighted by atomic mass is 127. The Bertz CT molecular complexity index is 704. The molecule has 2 rings (SSSR count). The first-order valence-corrected chi connectivity index (χ1v) is 7.13. The lowest BCUT2D eigenvalue weighted by atomic mass is 10.1. The van der Waals surface area contributed by atoms with Crippen LogP contribution in [-0.4, -0.2) is 17.9 Å². The fraction of sp³-hybridized carbons (Fsp3) is 0.0714. The fourth-order valence-electron chi connectivity index (χ4n) is 1.90. The molecule has 108 valence electrons. The van der Waals surface area contributed by atoms with Crippen LogP contribution < -0.4 is 10.6 Å². The molecule has 7 heteroatoms. The Morgan fingerprint density at radius 1 is 1.19 bits per heavy atom. The molecule has 2 aromatic rings. The second-order valence-electron chi connectivity index (χ2n) is 4.14. The van der Waals surface area contributed by atoms with Gasteiger partial charge in [-0.2, -0.15) is 0 Å². The van der Waals surface area contributed by atoms with Crippen molar-refractivity contribution in [2.45, 2.75) is 0 Å². The summed E-state index contributed by atoms with van der Waals surface area (Å²) in [6.07, 6.45) is 0. The van der Waals surface area contributed by atoms with E-state index >= 15 is 0 Å². The number of nitrogens with zero attached hydrogens (tertiary/aromatic N) is 1. The minimum absolute atomic E-state index is 0.132. The number of rotatable bonds is 4. The van der Waals surface area contributed by atoms with Crippen molar-refractivity contribution in [3.63, 3.8) is 0 Å². The van der Waals surface area contributed by atoms with Gasteiger partial charge in [0.15, 0.2) is 0 Å². The molecule has 2 aromatic carbocycles. The number of anilines is 2. The van der Waals surface area contributed by atoms with Gasteiger partial charge in [0, 0.05) is 16.7 Å². The van der Waals surface area contributed by atoms with Crippen molar-refractivity contribution in [1.29, 1.82) is 0 Å². The maximum Gasteiger partial charge on any atom is 0.293 e. The molecule has 0 aliphatic heterocycles. The summed E-state index contributed by atoms with van der Waals surface area (Å²) < 4.78 is 0.889. The van der Waals surface area contributed by atoms with Crippen LogP contribution in [0.25, 0.3) is 0 Å². The SMILES string of the molecule is CNc1c(C(=O)Nc2ccccc2I)cccc1[N+](=O)[O-]. The van der Waals surface area contributed by atoms with Crippen LogP contribution in [-0.2, 0) is 0 Å². The van der Waals surface area contributed by atoms with Crippen LogP contribution in [0.5, 0.6) is 0 Å². The van der Waals surface area contributed by atoms with Gasteiger partial charge in [-0.05, 0) is 40.8 Å². The smallest absolute Gasteiger partial charge is 0.293 e. The maximum atomic E-state index is 12.3. The number of hydrogen-bond acceptors (Lipinski definition) is 4. The van der Waals surface area contributed by atoms with E-state index in [1.807, 2.05) is 18.2 Å². The topological polar surface area (TPSA) is 84.3 Å². The zero-order valence-electron chi connectivity index (χ0n) is 11.1. The summed E-state index contributed by atoms with van der Waals surface area (Å²) in [5, 5.41) is 16.5. The minimum Gasteiger partial charge on any atom is -0.382 e. The van der Waals surface area contributed by atoms with Gasteiger partial charge >= 0.3 is 0 Å². The van der Waals surface area contributed by atoms with Crippen LogP contribution in [0, 0.1) is 13.7 Å². The number of benzene rings is 2. The van der Waals surface area contributed by atoms with Gasteiger partial charge < -0.3 is 10.6 Å². The second-order valence-corrected chi connectivity index (χ2v) is 5.30. The zero-order chi connectivity index (χ0) is 15.4. The van der Waals surface area contributed by atoms with Gasteiger partial charge in [0.1, 0.15) is 5.69 Å². The second kappa shape index (κ2) is 6.53. The predicted molar refractivity (Wildman–Crippen MR) is 89.8 cm³/mol. The number of nitro groups is 1. The average molecular weight is 397 g/mol. The van der Waals surface area contributed by atoms with E-state index in [0.29, 0.717) is 5.69 Å². The Labute approximate surface area is 134 Å². The van der Waals surface area contributed by atoms with E-state index < -0.39 is 10.8 Å². The highest BCUT2D eigenvalue weighted by molar-refractivity contribution is 14.1. The van der Waals surface area contributed by atoms with Gasteiger partial charge in [0.2, 0.25) is 0 Å². The lowest BCUT2D eigenvalue weighted by Gasteiger charge is -2.11. The molecule has 0 atom stereocenters. The highest BCUT2D eigenvalue weighted by Crippen LogP contribution is 2.28. The van der Waals surface area contributed by atoms with Crippen LogP contribution >= 0.6 is 22.6 Å². The van der Waals surface area contributed by atoms with E-state index in [4.69, 9.17) is 0 Å². The maximum absolute atomic E-state index is 12.3. The molecule has 0 saturated carbocycles. The Hall–Kier alpha value is -2.16. The molecule has 2 N–H and O–H groups in total. The molecule has 0 bridgehead atoms. The van der Waals surface area contributed by atoms with Crippen LogP contribution in [0.1, 0.15) is 10.4 Å². The summed E-state index contributed by atoms with van der Waals surface area (Å²) in [6, 6.07) is 11.7. The number of nitrogens with one attached hydrogen (secondary N) is 2. The van der Waals surface area contributed by atoms with E-state index in [2.05, 4.69) is 33.2 Å². The van der Waals surface area contributed by atoms with Crippen molar-refractivity contribution < 1.29 is 9.72 Å². The summed E-state index contributed by atoms with van der Waals surface area (Å²) in [4.78, 5) is 22.8. The van der Waals surface area contributed by atoms with Crippen LogP contribution in [0.3, 0.4) is 0 Å². The molecular formula is C14H12IN3O3.